The standard InChI is InChI=1S/C22H20N4O3/c1-15-22(28)26(18-9-5-6-10-19(18)29-15)12-11-20(27)25-17-13-23-21(24-14-17)16-7-3-2-4-8-16/h2-10,13-15H,11-12H2,1H3,(H,25,27). The van der Waals surface area contributed by atoms with Crippen molar-refractivity contribution in [2.45, 2.75) is 19.4 Å². The highest BCUT2D eigenvalue weighted by atomic mass is 16.5. The first-order valence-electron chi connectivity index (χ1n) is 9.36. The number of ether oxygens (including phenoxy) is 1. The zero-order valence-electron chi connectivity index (χ0n) is 15.9. The van der Waals surface area contributed by atoms with Crippen LogP contribution in [0.25, 0.3) is 11.4 Å². The normalized spacial score (nSPS) is 15.4. The van der Waals surface area contributed by atoms with Gasteiger partial charge in [0, 0.05) is 18.5 Å². The van der Waals surface area contributed by atoms with Crippen LogP contribution in [0.1, 0.15) is 13.3 Å². The van der Waals surface area contributed by atoms with E-state index in [1.54, 1.807) is 24.2 Å². The van der Waals surface area contributed by atoms with Gasteiger partial charge in [0.2, 0.25) is 5.91 Å². The Morgan fingerprint density at radius 2 is 1.76 bits per heavy atom. The van der Waals surface area contributed by atoms with Gasteiger partial charge in [-0.2, -0.15) is 0 Å². The molecule has 3 aromatic rings. The molecule has 2 aromatic carbocycles. The average Bonchev–Trinajstić information content (AvgIpc) is 2.75. The number of nitrogens with one attached hydrogen (secondary N) is 1. The largest absolute Gasteiger partial charge is 0.479 e. The Bertz CT molecular complexity index is 1020. The van der Waals surface area contributed by atoms with Gasteiger partial charge in [-0.25, -0.2) is 9.97 Å². The Labute approximate surface area is 168 Å². The number of anilines is 2. The molecule has 1 unspecified atom stereocenters. The van der Waals surface area contributed by atoms with Crippen molar-refractivity contribution in [3.05, 3.63) is 67.0 Å². The fourth-order valence-corrected chi connectivity index (χ4v) is 3.16. The van der Waals surface area contributed by atoms with Gasteiger partial charge < -0.3 is 15.0 Å². The molecule has 1 aromatic heterocycles. The summed E-state index contributed by atoms with van der Waals surface area (Å²) >= 11 is 0. The van der Waals surface area contributed by atoms with Crippen molar-refractivity contribution in [2.75, 3.05) is 16.8 Å². The van der Waals surface area contributed by atoms with Gasteiger partial charge in [0.1, 0.15) is 5.75 Å². The van der Waals surface area contributed by atoms with Crippen LogP contribution in [0, 0.1) is 0 Å². The van der Waals surface area contributed by atoms with E-state index in [1.807, 2.05) is 54.6 Å². The molecule has 1 aliphatic heterocycles. The second-order valence-corrected chi connectivity index (χ2v) is 6.68. The number of benzene rings is 2. The lowest BCUT2D eigenvalue weighted by molar-refractivity contribution is -0.125. The van der Waals surface area contributed by atoms with E-state index in [1.165, 1.54) is 0 Å². The lowest BCUT2D eigenvalue weighted by Gasteiger charge is -2.32. The number of rotatable bonds is 5. The predicted molar refractivity (Wildman–Crippen MR) is 110 cm³/mol. The van der Waals surface area contributed by atoms with E-state index in [0.29, 0.717) is 22.9 Å². The van der Waals surface area contributed by atoms with Gasteiger partial charge in [0.05, 0.1) is 23.8 Å². The molecule has 146 valence electrons. The van der Waals surface area contributed by atoms with Crippen LogP contribution in [0.15, 0.2) is 67.0 Å². The molecular weight excluding hydrogens is 368 g/mol. The molecule has 7 heteroatoms. The van der Waals surface area contributed by atoms with Gasteiger partial charge in [0.25, 0.3) is 5.91 Å². The number of aromatic nitrogens is 2. The quantitative estimate of drug-likeness (QED) is 0.725. The van der Waals surface area contributed by atoms with Crippen molar-refractivity contribution in [1.82, 2.24) is 9.97 Å². The van der Waals surface area contributed by atoms with E-state index in [-0.39, 0.29) is 24.8 Å². The van der Waals surface area contributed by atoms with Crippen molar-refractivity contribution in [2.24, 2.45) is 0 Å². The Morgan fingerprint density at radius 1 is 1.07 bits per heavy atom. The minimum atomic E-state index is -0.577. The second kappa shape index (κ2) is 8.10. The molecule has 2 heterocycles. The lowest BCUT2D eigenvalue weighted by Crippen LogP contribution is -2.45. The summed E-state index contributed by atoms with van der Waals surface area (Å²) in [4.78, 5) is 35.0. The average molecular weight is 388 g/mol. The molecule has 0 saturated heterocycles. The highest BCUT2D eigenvalue weighted by Crippen LogP contribution is 2.33. The molecule has 2 amide bonds. The third-order valence-corrected chi connectivity index (χ3v) is 4.60. The van der Waals surface area contributed by atoms with E-state index in [2.05, 4.69) is 15.3 Å². The van der Waals surface area contributed by atoms with E-state index in [9.17, 15) is 9.59 Å². The Kier molecular flexibility index (Phi) is 5.20. The number of fused-ring (bicyclic) bond motifs is 1. The Morgan fingerprint density at radius 3 is 2.52 bits per heavy atom. The molecular formula is C22H20N4O3. The van der Waals surface area contributed by atoms with Crippen LogP contribution in [-0.4, -0.2) is 34.4 Å². The predicted octanol–water partition coefficient (Wildman–Crippen LogP) is 3.29. The molecule has 0 saturated carbocycles. The first-order valence-corrected chi connectivity index (χ1v) is 9.36. The van der Waals surface area contributed by atoms with Gasteiger partial charge in [-0.15, -0.1) is 0 Å². The third kappa shape index (κ3) is 4.08. The van der Waals surface area contributed by atoms with Crippen LogP contribution in [0.4, 0.5) is 11.4 Å². The smallest absolute Gasteiger partial charge is 0.267 e. The molecule has 0 radical (unpaired) electrons. The second-order valence-electron chi connectivity index (χ2n) is 6.68. The number of hydrogen-bond donors (Lipinski definition) is 1. The molecule has 1 atom stereocenters. The first-order chi connectivity index (χ1) is 14.1. The van der Waals surface area contributed by atoms with Crippen LogP contribution in [0.2, 0.25) is 0 Å². The topological polar surface area (TPSA) is 84.4 Å². The summed E-state index contributed by atoms with van der Waals surface area (Å²) in [7, 11) is 0. The van der Waals surface area contributed by atoms with E-state index in [4.69, 9.17) is 4.74 Å². The van der Waals surface area contributed by atoms with Gasteiger partial charge >= 0.3 is 0 Å². The van der Waals surface area contributed by atoms with Crippen molar-refractivity contribution >= 4 is 23.2 Å². The Balaban J connectivity index is 1.39. The fourth-order valence-electron chi connectivity index (χ4n) is 3.16. The summed E-state index contributed by atoms with van der Waals surface area (Å²) < 4.78 is 5.62. The number of carbonyl (C=O) groups is 2. The van der Waals surface area contributed by atoms with Crippen LogP contribution in [-0.2, 0) is 9.59 Å². The number of para-hydroxylation sites is 2. The molecule has 7 nitrogen and oxygen atoms in total. The zero-order valence-corrected chi connectivity index (χ0v) is 15.9. The monoisotopic (exact) mass is 388 g/mol. The number of hydrogen-bond acceptors (Lipinski definition) is 5. The summed E-state index contributed by atoms with van der Waals surface area (Å²) in [5.41, 5.74) is 2.10. The van der Waals surface area contributed by atoms with E-state index >= 15 is 0 Å². The Hall–Kier alpha value is -3.74. The molecule has 0 fully saturated rings. The molecule has 29 heavy (non-hydrogen) atoms. The minimum absolute atomic E-state index is 0.146. The highest BCUT2D eigenvalue weighted by molar-refractivity contribution is 6.00. The van der Waals surface area contributed by atoms with E-state index < -0.39 is 6.10 Å². The van der Waals surface area contributed by atoms with Crippen molar-refractivity contribution in [3.8, 4) is 17.1 Å². The number of carbonyl (C=O) groups excluding carboxylic acids is 2. The van der Waals surface area contributed by atoms with Crippen LogP contribution >= 0.6 is 0 Å². The SMILES string of the molecule is CC1Oc2ccccc2N(CCC(=O)Nc2cnc(-c3ccccc3)nc2)C1=O. The highest BCUT2D eigenvalue weighted by Gasteiger charge is 2.31. The minimum Gasteiger partial charge on any atom is -0.479 e. The summed E-state index contributed by atoms with van der Waals surface area (Å²) in [6, 6.07) is 16.9. The molecule has 0 bridgehead atoms. The van der Waals surface area contributed by atoms with Crippen molar-refractivity contribution in [1.29, 1.82) is 0 Å². The fraction of sp³-hybridized carbons (Fsp3) is 0.182. The summed E-state index contributed by atoms with van der Waals surface area (Å²) in [6.45, 7) is 1.97. The van der Waals surface area contributed by atoms with Crippen molar-refractivity contribution < 1.29 is 14.3 Å². The summed E-state index contributed by atoms with van der Waals surface area (Å²) in [5, 5.41) is 2.78. The van der Waals surface area contributed by atoms with E-state index in [0.717, 1.165) is 5.56 Å². The lowest BCUT2D eigenvalue weighted by atomic mass is 10.1. The molecule has 1 N–H and O–H groups in total. The summed E-state index contributed by atoms with van der Waals surface area (Å²) in [6.07, 6.45) is 2.72. The maximum atomic E-state index is 12.5. The maximum Gasteiger partial charge on any atom is 0.267 e. The van der Waals surface area contributed by atoms with Gasteiger partial charge in [-0.05, 0) is 19.1 Å². The molecule has 4 rings (SSSR count). The molecule has 0 spiro atoms. The molecule has 1 aliphatic rings. The van der Waals surface area contributed by atoms with Crippen LogP contribution < -0.4 is 15.0 Å². The number of amides is 2. The van der Waals surface area contributed by atoms with Gasteiger partial charge in [0.15, 0.2) is 11.9 Å². The zero-order chi connectivity index (χ0) is 20.2. The summed E-state index contributed by atoms with van der Waals surface area (Å²) in [5.74, 6) is 0.857. The van der Waals surface area contributed by atoms with Gasteiger partial charge in [-0.1, -0.05) is 42.5 Å². The first kappa shape index (κ1) is 18.6. The van der Waals surface area contributed by atoms with Crippen molar-refractivity contribution in [3.63, 3.8) is 0 Å². The third-order valence-electron chi connectivity index (χ3n) is 4.60. The maximum absolute atomic E-state index is 12.5. The van der Waals surface area contributed by atoms with Crippen LogP contribution in [0.5, 0.6) is 5.75 Å². The van der Waals surface area contributed by atoms with Gasteiger partial charge in [-0.3, -0.25) is 9.59 Å². The number of nitrogens with zero attached hydrogens (tertiary/aromatic N) is 3. The molecule has 0 aliphatic carbocycles. The van der Waals surface area contributed by atoms with Crippen LogP contribution in [0.3, 0.4) is 0 Å².